The van der Waals surface area contributed by atoms with E-state index in [1.165, 1.54) is 17.4 Å². The molecule has 0 unspecified atom stereocenters. The number of imidazole rings is 1. The Bertz CT molecular complexity index is 1160. The molecule has 0 saturated carbocycles. The maximum absolute atomic E-state index is 12.8. The number of likely N-dealkylation sites (tertiary alicyclic amines) is 1. The molecular formula is C21H21F3N6O2S. The molecule has 0 aliphatic carbocycles. The van der Waals surface area contributed by atoms with E-state index < -0.39 is 12.7 Å². The number of halogens is 3. The average molecular weight is 479 g/mol. The van der Waals surface area contributed by atoms with Gasteiger partial charge in [0.15, 0.2) is 5.01 Å². The molecule has 4 heterocycles. The number of hydrogen-bond donors (Lipinski definition) is 0. The monoisotopic (exact) mass is 478 g/mol. The van der Waals surface area contributed by atoms with Gasteiger partial charge in [-0.2, -0.15) is 13.2 Å². The number of alkyl halides is 3. The van der Waals surface area contributed by atoms with Crippen LogP contribution in [0.5, 0.6) is 0 Å². The number of piperazine rings is 1. The zero-order valence-electron chi connectivity index (χ0n) is 17.5. The highest BCUT2D eigenvalue weighted by atomic mass is 32.1. The van der Waals surface area contributed by atoms with Crippen LogP contribution < -0.4 is 0 Å². The molecule has 8 nitrogen and oxygen atoms in total. The highest BCUT2D eigenvalue weighted by Gasteiger charge is 2.37. The number of carbonyl (C=O) groups is 2. The van der Waals surface area contributed by atoms with Crippen molar-refractivity contribution in [1.82, 2.24) is 29.2 Å². The number of thiazole rings is 1. The Morgan fingerprint density at radius 1 is 1.03 bits per heavy atom. The maximum atomic E-state index is 12.8. The number of amides is 2. The highest BCUT2D eigenvalue weighted by Crippen LogP contribution is 2.24. The summed E-state index contributed by atoms with van der Waals surface area (Å²) in [6.07, 6.45) is -1.57. The van der Waals surface area contributed by atoms with Gasteiger partial charge in [0.25, 0.3) is 11.8 Å². The molecule has 12 heteroatoms. The Hall–Kier alpha value is -2.99. The van der Waals surface area contributed by atoms with E-state index in [9.17, 15) is 22.8 Å². The van der Waals surface area contributed by atoms with E-state index in [-0.39, 0.29) is 17.9 Å². The molecule has 0 spiro atoms. The largest absolute Gasteiger partial charge is 0.406 e. The summed E-state index contributed by atoms with van der Waals surface area (Å²) in [5.74, 6) is -0.195. The summed E-state index contributed by atoms with van der Waals surface area (Å²) < 4.78 is 39.1. The zero-order chi connectivity index (χ0) is 23.2. The molecule has 5 rings (SSSR count). The number of benzene rings is 1. The van der Waals surface area contributed by atoms with Crippen molar-refractivity contribution in [2.24, 2.45) is 0 Å². The molecule has 174 valence electrons. The van der Waals surface area contributed by atoms with Gasteiger partial charge >= 0.3 is 6.18 Å². The van der Waals surface area contributed by atoms with Crippen LogP contribution in [0.2, 0.25) is 0 Å². The summed E-state index contributed by atoms with van der Waals surface area (Å²) in [6.45, 7) is 2.78. The van der Waals surface area contributed by atoms with Gasteiger partial charge in [0.1, 0.15) is 6.54 Å². The lowest BCUT2D eigenvalue weighted by Crippen LogP contribution is -2.64. The van der Waals surface area contributed by atoms with Gasteiger partial charge in [-0.05, 0) is 18.2 Å². The quantitative estimate of drug-likeness (QED) is 0.576. The second-order valence-electron chi connectivity index (χ2n) is 8.22. The Morgan fingerprint density at radius 3 is 2.45 bits per heavy atom. The van der Waals surface area contributed by atoms with Gasteiger partial charge in [-0.25, -0.2) is 9.97 Å². The summed E-state index contributed by atoms with van der Waals surface area (Å²) in [5.41, 5.74) is 1.12. The molecular weight excluding hydrogens is 457 g/mol. The van der Waals surface area contributed by atoms with E-state index in [1.54, 1.807) is 28.6 Å². The molecule has 2 aliphatic heterocycles. The minimum atomic E-state index is -4.34. The van der Waals surface area contributed by atoms with E-state index in [0.717, 1.165) is 24.0 Å². The van der Waals surface area contributed by atoms with Crippen LogP contribution in [-0.2, 0) is 6.54 Å². The minimum absolute atomic E-state index is 0.0388. The van der Waals surface area contributed by atoms with Crippen LogP contribution in [0, 0.1) is 0 Å². The normalized spacial score (nSPS) is 18.0. The average Bonchev–Trinajstić information content (AvgIpc) is 3.42. The SMILES string of the molecule is O=C(c1ccc2c(c1)ncn2CC(F)(F)F)N1CC(N2CCN(C(=O)c3nccs3)CC2)C1. The van der Waals surface area contributed by atoms with Crippen LogP contribution in [-0.4, -0.2) is 92.5 Å². The number of fused-ring (bicyclic) bond motifs is 1. The number of carbonyl (C=O) groups excluding carboxylic acids is 2. The van der Waals surface area contributed by atoms with Crippen LogP contribution >= 0.6 is 11.3 Å². The molecule has 2 fully saturated rings. The van der Waals surface area contributed by atoms with E-state index >= 15 is 0 Å². The van der Waals surface area contributed by atoms with Crippen LogP contribution in [0.25, 0.3) is 11.0 Å². The molecule has 1 aromatic carbocycles. The summed E-state index contributed by atoms with van der Waals surface area (Å²) >= 11 is 1.34. The lowest BCUT2D eigenvalue weighted by Gasteiger charge is -2.48. The molecule has 0 N–H and O–H groups in total. The predicted octanol–water partition coefficient (Wildman–Crippen LogP) is 2.34. The number of nitrogens with zero attached hydrogens (tertiary/aromatic N) is 6. The van der Waals surface area contributed by atoms with Crippen molar-refractivity contribution in [2.45, 2.75) is 18.8 Å². The van der Waals surface area contributed by atoms with Crippen molar-refractivity contribution in [1.29, 1.82) is 0 Å². The Kier molecular flexibility index (Phi) is 5.57. The lowest BCUT2D eigenvalue weighted by atomic mass is 10.0. The Morgan fingerprint density at radius 2 is 1.79 bits per heavy atom. The molecule has 2 aromatic heterocycles. The predicted molar refractivity (Wildman–Crippen MR) is 115 cm³/mol. The van der Waals surface area contributed by atoms with Crippen molar-refractivity contribution in [2.75, 3.05) is 39.3 Å². The van der Waals surface area contributed by atoms with E-state index in [1.807, 2.05) is 4.90 Å². The second-order valence-corrected chi connectivity index (χ2v) is 9.12. The van der Waals surface area contributed by atoms with Crippen molar-refractivity contribution < 1.29 is 22.8 Å². The Balaban J connectivity index is 1.15. The number of rotatable bonds is 4. The first-order chi connectivity index (χ1) is 15.8. The summed E-state index contributed by atoms with van der Waals surface area (Å²) in [5, 5.41) is 2.29. The summed E-state index contributed by atoms with van der Waals surface area (Å²) in [6, 6.07) is 4.84. The van der Waals surface area contributed by atoms with Gasteiger partial charge < -0.3 is 14.4 Å². The fraction of sp³-hybridized carbons (Fsp3) is 0.429. The second kappa shape index (κ2) is 8.41. The molecule has 33 heavy (non-hydrogen) atoms. The van der Waals surface area contributed by atoms with Gasteiger partial charge in [-0.3, -0.25) is 14.5 Å². The minimum Gasteiger partial charge on any atom is -0.335 e. The zero-order valence-corrected chi connectivity index (χ0v) is 18.3. The molecule has 0 bridgehead atoms. The molecule has 2 amide bonds. The fourth-order valence-corrected chi connectivity index (χ4v) is 4.91. The third-order valence-electron chi connectivity index (χ3n) is 6.10. The molecule has 2 saturated heterocycles. The fourth-order valence-electron chi connectivity index (χ4n) is 4.31. The van der Waals surface area contributed by atoms with Crippen molar-refractivity contribution in [3.63, 3.8) is 0 Å². The van der Waals surface area contributed by atoms with E-state index in [4.69, 9.17) is 0 Å². The van der Waals surface area contributed by atoms with Crippen LogP contribution in [0.1, 0.15) is 20.2 Å². The number of hydrogen-bond acceptors (Lipinski definition) is 6. The van der Waals surface area contributed by atoms with Crippen molar-refractivity contribution >= 4 is 34.2 Å². The molecule has 0 radical (unpaired) electrons. The smallest absolute Gasteiger partial charge is 0.335 e. The van der Waals surface area contributed by atoms with E-state index in [0.29, 0.717) is 47.8 Å². The topological polar surface area (TPSA) is 74.6 Å². The third kappa shape index (κ3) is 4.44. The third-order valence-corrected chi connectivity index (χ3v) is 6.86. The summed E-state index contributed by atoms with van der Waals surface area (Å²) in [7, 11) is 0. The van der Waals surface area contributed by atoms with Crippen molar-refractivity contribution in [3.05, 3.63) is 46.7 Å². The summed E-state index contributed by atoms with van der Waals surface area (Å²) in [4.78, 5) is 39.2. The van der Waals surface area contributed by atoms with E-state index in [2.05, 4.69) is 14.9 Å². The van der Waals surface area contributed by atoms with Crippen LogP contribution in [0.4, 0.5) is 13.2 Å². The number of aromatic nitrogens is 3. The van der Waals surface area contributed by atoms with Gasteiger partial charge in [-0.1, -0.05) is 0 Å². The molecule has 3 aromatic rings. The highest BCUT2D eigenvalue weighted by molar-refractivity contribution is 7.11. The van der Waals surface area contributed by atoms with Gasteiger partial charge in [0, 0.05) is 62.5 Å². The first-order valence-electron chi connectivity index (χ1n) is 10.5. The lowest BCUT2D eigenvalue weighted by molar-refractivity contribution is -0.139. The van der Waals surface area contributed by atoms with Crippen molar-refractivity contribution in [3.8, 4) is 0 Å². The van der Waals surface area contributed by atoms with Gasteiger partial charge in [0.2, 0.25) is 0 Å². The van der Waals surface area contributed by atoms with Gasteiger partial charge in [0.05, 0.1) is 17.4 Å². The molecule has 2 aliphatic rings. The maximum Gasteiger partial charge on any atom is 0.406 e. The first kappa shape index (κ1) is 21.8. The van der Waals surface area contributed by atoms with Crippen LogP contribution in [0.3, 0.4) is 0 Å². The van der Waals surface area contributed by atoms with Crippen LogP contribution in [0.15, 0.2) is 36.1 Å². The van der Waals surface area contributed by atoms with Gasteiger partial charge in [-0.15, -0.1) is 11.3 Å². The Labute approximate surface area is 191 Å². The molecule has 0 atom stereocenters. The standard InChI is InChI=1S/C21H21F3N6O2S/c22-21(23,24)12-30-13-26-16-9-14(1-2-17(16)30)19(31)29-10-15(11-29)27-4-6-28(7-5-27)20(32)18-25-3-8-33-18/h1-3,8-9,13,15H,4-7,10-12H2. The first-order valence-corrected chi connectivity index (χ1v) is 11.4.